The van der Waals surface area contributed by atoms with Gasteiger partial charge in [0.05, 0.1) is 19.1 Å². The maximum absolute atomic E-state index is 12.8. The van der Waals surface area contributed by atoms with E-state index in [0.29, 0.717) is 24.5 Å². The molecule has 0 bridgehead atoms. The number of hydrogen-bond donors (Lipinski definition) is 1. The number of thiophene rings is 1. The van der Waals surface area contributed by atoms with Gasteiger partial charge in [0.2, 0.25) is 5.91 Å². The molecular formula is C19H19ClIN5OS. The van der Waals surface area contributed by atoms with Gasteiger partial charge in [0.1, 0.15) is 12.1 Å². The van der Waals surface area contributed by atoms with Crippen molar-refractivity contribution in [3.05, 3.63) is 50.1 Å². The summed E-state index contributed by atoms with van der Waals surface area (Å²) in [5, 5.41) is 0.680. The molecule has 1 fully saturated rings. The molecule has 28 heavy (non-hydrogen) atoms. The van der Waals surface area contributed by atoms with Gasteiger partial charge >= 0.3 is 0 Å². The van der Waals surface area contributed by atoms with Gasteiger partial charge in [0.25, 0.3) is 0 Å². The Morgan fingerprint density at radius 1 is 1.21 bits per heavy atom. The Kier molecular flexibility index (Phi) is 6.00. The maximum Gasteiger partial charge on any atom is 0.239 e. The molecule has 0 radical (unpaired) electrons. The van der Waals surface area contributed by atoms with E-state index in [2.05, 4.69) is 43.5 Å². The Bertz CT molecular complexity index is 988. The number of anilines is 1. The van der Waals surface area contributed by atoms with Gasteiger partial charge in [-0.05, 0) is 52.8 Å². The summed E-state index contributed by atoms with van der Waals surface area (Å²) in [6.45, 7) is 2.75. The first-order chi connectivity index (χ1) is 13.5. The van der Waals surface area contributed by atoms with Gasteiger partial charge in [-0.1, -0.05) is 23.7 Å². The van der Waals surface area contributed by atoms with E-state index in [9.17, 15) is 4.79 Å². The standard InChI is InChI=1S/C19H19ClIN5OS/c20-13-3-1-12(2-4-13)9-14(22)19(27)26-7-5-25(6-8-26)18-17-15(23-11-24-18)10-16(21)28-17/h1-4,10-11,14H,5-9,22H2/t14-/m1/s1. The van der Waals surface area contributed by atoms with Crippen LogP contribution in [0.25, 0.3) is 10.2 Å². The van der Waals surface area contributed by atoms with Crippen LogP contribution in [0.5, 0.6) is 0 Å². The first-order valence-electron chi connectivity index (χ1n) is 8.95. The van der Waals surface area contributed by atoms with Gasteiger partial charge in [-0.2, -0.15) is 0 Å². The van der Waals surface area contributed by atoms with Crippen LogP contribution in [-0.2, 0) is 11.2 Å². The maximum atomic E-state index is 12.8. The van der Waals surface area contributed by atoms with Gasteiger partial charge in [-0.25, -0.2) is 9.97 Å². The molecule has 3 heterocycles. The number of piperazine rings is 1. The average Bonchev–Trinajstić information content (AvgIpc) is 3.09. The van der Waals surface area contributed by atoms with Gasteiger partial charge in [-0.15, -0.1) is 11.3 Å². The summed E-state index contributed by atoms with van der Waals surface area (Å²) in [6, 6.07) is 8.99. The fraction of sp³-hybridized carbons (Fsp3) is 0.316. The Morgan fingerprint density at radius 3 is 2.64 bits per heavy atom. The summed E-state index contributed by atoms with van der Waals surface area (Å²) < 4.78 is 2.29. The molecule has 1 aromatic carbocycles. The minimum absolute atomic E-state index is 0.00638. The third-order valence-electron chi connectivity index (χ3n) is 4.84. The summed E-state index contributed by atoms with van der Waals surface area (Å²) in [4.78, 5) is 25.7. The summed E-state index contributed by atoms with van der Waals surface area (Å²) in [5.74, 6) is 0.948. The molecule has 1 amide bonds. The molecule has 0 aliphatic carbocycles. The highest BCUT2D eigenvalue weighted by molar-refractivity contribution is 14.1. The molecule has 0 saturated carbocycles. The Labute approximate surface area is 185 Å². The number of carbonyl (C=O) groups is 1. The van der Waals surface area contributed by atoms with E-state index >= 15 is 0 Å². The van der Waals surface area contributed by atoms with E-state index in [1.54, 1.807) is 17.7 Å². The fourth-order valence-electron chi connectivity index (χ4n) is 3.37. The molecule has 1 atom stereocenters. The van der Waals surface area contributed by atoms with Crippen LogP contribution in [-0.4, -0.2) is 53.0 Å². The molecule has 2 aromatic heterocycles. The molecule has 1 saturated heterocycles. The lowest BCUT2D eigenvalue weighted by molar-refractivity contribution is -0.132. The van der Waals surface area contributed by atoms with E-state index in [0.717, 1.165) is 34.7 Å². The third kappa shape index (κ3) is 4.24. The number of hydrogen-bond acceptors (Lipinski definition) is 6. The molecular weight excluding hydrogens is 509 g/mol. The van der Waals surface area contributed by atoms with Crippen LogP contribution < -0.4 is 10.6 Å². The van der Waals surface area contributed by atoms with E-state index in [1.165, 1.54) is 2.88 Å². The number of amides is 1. The van der Waals surface area contributed by atoms with Crippen LogP contribution in [0.3, 0.4) is 0 Å². The highest BCUT2D eigenvalue weighted by Crippen LogP contribution is 2.32. The van der Waals surface area contributed by atoms with Crippen LogP contribution in [0.4, 0.5) is 5.82 Å². The van der Waals surface area contributed by atoms with Gasteiger partial charge in [-0.3, -0.25) is 4.79 Å². The lowest BCUT2D eigenvalue weighted by Crippen LogP contribution is -2.53. The molecule has 3 aromatic rings. The van der Waals surface area contributed by atoms with Crippen LogP contribution in [0.2, 0.25) is 5.02 Å². The van der Waals surface area contributed by atoms with E-state index in [-0.39, 0.29) is 5.91 Å². The predicted octanol–water partition coefficient (Wildman–Crippen LogP) is 3.17. The number of carbonyl (C=O) groups excluding carboxylic acids is 1. The van der Waals surface area contributed by atoms with Crippen LogP contribution >= 0.6 is 45.5 Å². The second-order valence-electron chi connectivity index (χ2n) is 6.71. The quantitative estimate of drug-likeness (QED) is 0.528. The Balaban J connectivity index is 1.39. The van der Waals surface area contributed by atoms with Crippen molar-refractivity contribution in [2.24, 2.45) is 5.73 Å². The van der Waals surface area contributed by atoms with Gasteiger partial charge in [0, 0.05) is 31.2 Å². The van der Waals surface area contributed by atoms with Gasteiger partial charge in [0.15, 0.2) is 0 Å². The van der Waals surface area contributed by atoms with E-state index in [4.69, 9.17) is 17.3 Å². The van der Waals surface area contributed by atoms with E-state index < -0.39 is 6.04 Å². The first-order valence-corrected chi connectivity index (χ1v) is 11.2. The van der Waals surface area contributed by atoms with Crippen molar-refractivity contribution >= 4 is 67.5 Å². The third-order valence-corrected chi connectivity index (χ3v) is 6.97. The Morgan fingerprint density at radius 2 is 1.93 bits per heavy atom. The molecule has 2 N–H and O–H groups in total. The van der Waals surface area contributed by atoms with Crippen molar-refractivity contribution in [2.45, 2.75) is 12.5 Å². The normalized spacial score (nSPS) is 15.8. The lowest BCUT2D eigenvalue weighted by Gasteiger charge is -2.36. The number of nitrogens with two attached hydrogens (primary N) is 1. The number of fused-ring (bicyclic) bond motifs is 1. The minimum atomic E-state index is -0.544. The summed E-state index contributed by atoms with van der Waals surface area (Å²) in [7, 11) is 0. The fourth-order valence-corrected chi connectivity index (χ4v) is 5.31. The minimum Gasteiger partial charge on any atom is -0.352 e. The molecule has 146 valence electrons. The van der Waals surface area contributed by atoms with Crippen LogP contribution in [0.1, 0.15) is 5.56 Å². The second-order valence-corrected chi connectivity index (χ2v) is 10.1. The first kappa shape index (κ1) is 19.8. The van der Waals surface area contributed by atoms with Crippen molar-refractivity contribution in [1.29, 1.82) is 0 Å². The van der Waals surface area contributed by atoms with Crippen molar-refractivity contribution in [2.75, 3.05) is 31.1 Å². The largest absolute Gasteiger partial charge is 0.352 e. The number of rotatable bonds is 4. The van der Waals surface area contributed by atoms with Crippen molar-refractivity contribution in [3.63, 3.8) is 0 Å². The zero-order valence-electron chi connectivity index (χ0n) is 15.0. The molecule has 0 spiro atoms. The summed E-state index contributed by atoms with van der Waals surface area (Å²) >= 11 is 9.92. The summed E-state index contributed by atoms with van der Waals surface area (Å²) in [5.41, 5.74) is 8.17. The average molecular weight is 528 g/mol. The van der Waals surface area contributed by atoms with Crippen molar-refractivity contribution in [3.8, 4) is 0 Å². The SMILES string of the molecule is N[C@H](Cc1ccc(Cl)cc1)C(=O)N1CCN(c2ncnc3cc(I)sc23)CC1. The number of aromatic nitrogens is 2. The molecule has 4 rings (SSSR count). The molecule has 1 aliphatic rings. The second kappa shape index (κ2) is 8.48. The van der Waals surface area contributed by atoms with E-state index in [1.807, 2.05) is 29.2 Å². The van der Waals surface area contributed by atoms with Crippen molar-refractivity contribution < 1.29 is 4.79 Å². The smallest absolute Gasteiger partial charge is 0.239 e. The lowest BCUT2D eigenvalue weighted by atomic mass is 10.1. The van der Waals surface area contributed by atoms with Crippen molar-refractivity contribution in [1.82, 2.24) is 14.9 Å². The number of benzene rings is 1. The molecule has 6 nitrogen and oxygen atoms in total. The molecule has 1 aliphatic heterocycles. The highest BCUT2D eigenvalue weighted by Gasteiger charge is 2.27. The monoisotopic (exact) mass is 527 g/mol. The van der Waals surface area contributed by atoms with Crippen LogP contribution in [0, 0.1) is 2.88 Å². The zero-order valence-corrected chi connectivity index (χ0v) is 18.7. The summed E-state index contributed by atoms with van der Waals surface area (Å²) in [6.07, 6.45) is 2.12. The number of nitrogens with zero attached hydrogens (tertiary/aromatic N) is 4. The number of halogens is 2. The van der Waals surface area contributed by atoms with Crippen LogP contribution in [0.15, 0.2) is 36.7 Å². The topological polar surface area (TPSA) is 75.4 Å². The predicted molar refractivity (Wildman–Crippen MR) is 122 cm³/mol. The molecule has 0 unspecified atom stereocenters. The highest BCUT2D eigenvalue weighted by atomic mass is 127. The van der Waals surface area contributed by atoms with Gasteiger partial charge < -0.3 is 15.5 Å². The zero-order chi connectivity index (χ0) is 19.7. The molecule has 9 heteroatoms. The Hall–Kier alpha value is -1.49.